The highest BCUT2D eigenvalue weighted by molar-refractivity contribution is 5.82. The summed E-state index contributed by atoms with van der Waals surface area (Å²) in [5.74, 6) is -0.733. The van der Waals surface area contributed by atoms with Gasteiger partial charge in [-0.25, -0.2) is 0 Å². The zero-order valence-corrected chi connectivity index (χ0v) is 13.9. The van der Waals surface area contributed by atoms with Gasteiger partial charge in [-0.05, 0) is 41.5 Å². The van der Waals surface area contributed by atoms with E-state index < -0.39 is 12.0 Å². The lowest BCUT2D eigenvalue weighted by atomic mass is 9.94. The van der Waals surface area contributed by atoms with Crippen LogP contribution in [0.25, 0.3) is 10.8 Å². The molecule has 1 aliphatic heterocycles. The summed E-state index contributed by atoms with van der Waals surface area (Å²) in [5, 5.41) is 11.9. The highest BCUT2D eigenvalue weighted by Gasteiger charge is 2.36. The van der Waals surface area contributed by atoms with Gasteiger partial charge in [0.1, 0.15) is 6.04 Å². The van der Waals surface area contributed by atoms with E-state index in [0.717, 1.165) is 34.9 Å². The van der Waals surface area contributed by atoms with Crippen LogP contribution in [0.15, 0.2) is 67.0 Å². The lowest BCUT2D eigenvalue weighted by molar-refractivity contribution is -0.142. The van der Waals surface area contributed by atoms with Gasteiger partial charge in [-0.1, -0.05) is 42.5 Å². The number of benzene rings is 2. The molecule has 0 saturated carbocycles. The molecule has 0 bridgehead atoms. The minimum absolute atomic E-state index is 0.0534. The molecule has 2 unspecified atom stereocenters. The number of hydrogen-bond donors (Lipinski definition) is 1. The predicted octanol–water partition coefficient (Wildman–Crippen LogP) is 3.87. The van der Waals surface area contributed by atoms with Crippen molar-refractivity contribution >= 4 is 16.7 Å². The fourth-order valence-corrected chi connectivity index (χ4v) is 3.85. The van der Waals surface area contributed by atoms with Gasteiger partial charge in [0.25, 0.3) is 0 Å². The number of aliphatic carboxylic acids is 1. The molecule has 0 amide bonds. The van der Waals surface area contributed by atoms with Crippen molar-refractivity contribution in [1.82, 2.24) is 9.88 Å². The van der Waals surface area contributed by atoms with Crippen LogP contribution in [0, 0.1) is 0 Å². The van der Waals surface area contributed by atoms with Gasteiger partial charge in [0, 0.05) is 24.3 Å². The average Bonchev–Trinajstić information content (AvgIpc) is 3.12. The first-order valence-corrected chi connectivity index (χ1v) is 8.61. The van der Waals surface area contributed by atoms with Crippen LogP contribution in [0.5, 0.6) is 0 Å². The second-order valence-electron chi connectivity index (χ2n) is 6.53. The van der Waals surface area contributed by atoms with E-state index in [2.05, 4.69) is 40.2 Å². The Morgan fingerprint density at radius 1 is 1.08 bits per heavy atom. The molecule has 4 heteroatoms. The molecule has 2 aromatic carbocycles. The largest absolute Gasteiger partial charge is 0.480 e. The molecular weight excluding hydrogens is 312 g/mol. The van der Waals surface area contributed by atoms with E-state index in [-0.39, 0.29) is 6.04 Å². The summed E-state index contributed by atoms with van der Waals surface area (Å²) < 4.78 is 0. The zero-order valence-electron chi connectivity index (χ0n) is 13.9. The van der Waals surface area contributed by atoms with Crippen molar-refractivity contribution in [2.75, 3.05) is 6.54 Å². The Balaban J connectivity index is 1.83. The van der Waals surface area contributed by atoms with E-state index in [4.69, 9.17) is 0 Å². The average molecular weight is 332 g/mol. The molecule has 4 rings (SSSR count). The molecule has 1 saturated heterocycles. The predicted molar refractivity (Wildman–Crippen MR) is 97.4 cm³/mol. The summed E-state index contributed by atoms with van der Waals surface area (Å²) in [5.41, 5.74) is 2.25. The second kappa shape index (κ2) is 6.65. The van der Waals surface area contributed by atoms with E-state index in [9.17, 15) is 9.90 Å². The van der Waals surface area contributed by atoms with E-state index in [1.807, 2.05) is 30.5 Å². The van der Waals surface area contributed by atoms with Crippen LogP contribution < -0.4 is 0 Å². The molecular formula is C21H20N2O2. The number of carbonyl (C=O) groups is 1. The van der Waals surface area contributed by atoms with Crippen LogP contribution in [0.3, 0.4) is 0 Å². The maximum absolute atomic E-state index is 11.7. The van der Waals surface area contributed by atoms with Crippen molar-refractivity contribution in [1.29, 1.82) is 0 Å². The Bertz CT molecular complexity index is 895. The van der Waals surface area contributed by atoms with Crippen LogP contribution >= 0.6 is 0 Å². The van der Waals surface area contributed by atoms with Gasteiger partial charge in [0.2, 0.25) is 0 Å². The van der Waals surface area contributed by atoms with Gasteiger partial charge >= 0.3 is 5.97 Å². The minimum atomic E-state index is -0.733. The lowest BCUT2D eigenvalue weighted by Crippen LogP contribution is -2.39. The van der Waals surface area contributed by atoms with Gasteiger partial charge in [0.05, 0.1) is 6.04 Å². The SMILES string of the molecule is O=C(O)C1CCCN1C(c1ccccc1)c1ccc2cnccc2c1. The monoisotopic (exact) mass is 332 g/mol. The van der Waals surface area contributed by atoms with Crippen molar-refractivity contribution in [3.05, 3.63) is 78.1 Å². The first-order valence-electron chi connectivity index (χ1n) is 8.61. The van der Waals surface area contributed by atoms with E-state index in [1.54, 1.807) is 6.20 Å². The molecule has 1 aromatic heterocycles. The number of aromatic nitrogens is 1. The van der Waals surface area contributed by atoms with E-state index in [0.29, 0.717) is 6.42 Å². The Morgan fingerprint density at radius 3 is 2.72 bits per heavy atom. The summed E-state index contributed by atoms with van der Waals surface area (Å²) in [4.78, 5) is 18.0. The van der Waals surface area contributed by atoms with Crippen molar-refractivity contribution < 1.29 is 9.90 Å². The zero-order chi connectivity index (χ0) is 17.2. The molecule has 0 radical (unpaired) electrons. The van der Waals surface area contributed by atoms with Gasteiger partial charge in [-0.15, -0.1) is 0 Å². The van der Waals surface area contributed by atoms with Crippen LogP contribution in [-0.2, 0) is 4.79 Å². The van der Waals surface area contributed by atoms with Gasteiger partial charge < -0.3 is 5.11 Å². The standard InChI is InChI=1S/C21H20N2O2/c24-21(25)19-7-4-12-23(19)20(15-5-2-1-3-6-15)17-8-9-18-14-22-11-10-16(18)13-17/h1-3,5-6,8-11,13-14,19-20H,4,7,12H2,(H,24,25). The summed E-state index contributed by atoms with van der Waals surface area (Å²) >= 11 is 0. The Hall–Kier alpha value is -2.72. The minimum Gasteiger partial charge on any atom is -0.480 e. The first kappa shape index (κ1) is 15.8. The van der Waals surface area contributed by atoms with Crippen LogP contribution in [0.1, 0.15) is 30.0 Å². The highest BCUT2D eigenvalue weighted by atomic mass is 16.4. The van der Waals surface area contributed by atoms with Crippen molar-refractivity contribution in [2.24, 2.45) is 0 Å². The summed E-state index contributed by atoms with van der Waals surface area (Å²) in [6.45, 7) is 0.797. The normalized spacial score (nSPS) is 19.1. The van der Waals surface area contributed by atoms with Crippen molar-refractivity contribution in [2.45, 2.75) is 24.9 Å². The Kier molecular flexibility index (Phi) is 4.20. The number of nitrogens with zero attached hydrogens (tertiary/aromatic N) is 2. The summed E-state index contributed by atoms with van der Waals surface area (Å²) in [6.07, 6.45) is 5.26. The first-order chi connectivity index (χ1) is 12.2. The van der Waals surface area contributed by atoms with Crippen LogP contribution in [0.4, 0.5) is 0 Å². The number of rotatable bonds is 4. The number of carboxylic acid groups (broad SMARTS) is 1. The Morgan fingerprint density at radius 2 is 1.92 bits per heavy atom. The quantitative estimate of drug-likeness (QED) is 0.788. The van der Waals surface area contributed by atoms with Crippen molar-refractivity contribution in [3.8, 4) is 0 Å². The third-order valence-corrected chi connectivity index (χ3v) is 5.01. The number of carboxylic acids is 1. The lowest BCUT2D eigenvalue weighted by Gasteiger charge is -2.32. The summed E-state index contributed by atoms with van der Waals surface area (Å²) in [7, 11) is 0. The Labute approximate surface area is 146 Å². The maximum atomic E-state index is 11.7. The van der Waals surface area contributed by atoms with Crippen molar-refractivity contribution in [3.63, 3.8) is 0 Å². The van der Waals surface area contributed by atoms with Gasteiger partial charge in [0.15, 0.2) is 0 Å². The molecule has 25 heavy (non-hydrogen) atoms. The molecule has 0 spiro atoms. The highest BCUT2D eigenvalue weighted by Crippen LogP contribution is 2.35. The maximum Gasteiger partial charge on any atom is 0.320 e. The number of hydrogen-bond acceptors (Lipinski definition) is 3. The molecule has 4 nitrogen and oxygen atoms in total. The number of fused-ring (bicyclic) bond motifs is 1. The van der Waals surface area contributed by atoms with E-state index >= 15 is 0 Å². The molecule has 1 fully saturated rings. The molecule has 1 aliphatic rings. The van der Waals surface area contributed by atoms with Crippen LogP contribution in [-0.4, -0.2) is 33.5 Å². The molecule has 0 aliphatic carbocycles. The van der Waals surface area contributed by atoms with E-state index in [1.165, 1.54) is 0 Å². The second-order valence-corrected chi connectivity index (χ2v) is 6.53. The molecule has 3 aromatic rings. The summed E-state index contributed by atoms with van der Waals surface area (Å²) in [6, 6.07) is 18.0. The van der Waals surface area contributed by atoms with Gasteiger partial charge in [-0.2, -0.15) is 0 Å². The number of likely N-dealkylation sites (tertiary alicyclic amines) is 1. The third kappa shape index (κ3) is 3.01. The van der Waals surface area contributed by atoms with Crippen LogP contribution in [0.2, 0.25) is 0 Å². The molecule has 2 atom stereocenters. The topological polar surface area (TPSA) is 53.4 Å². The molecule has 126 valence electrons. The third-order valence-electron chi connectivity index (χ3n) is 5.01. The fraction of sp³-hybridized carbons (Fsp3) is 0.238. The number of pyridine rings is 1. The van der Waals surface area contributed by atoms with Gasteiger partial charge in [-0.3, -0.25) is 14.7 Å². The fourth-order valence-electron chi connectivity index (χ4n) is 3.85. The molecule has 1 N–H and O–H groups in total. The molecule has 2 heterocycles. The smallest absolute Gasteiger partial charge is 0.320 e.